The summed E-state index contributed by atoms with van der Waals surface area (Å²) in [7, 11) is 0. The average molecular weight is 738 g/mol. The molecule has 0 radical (unpaired) electrons. The minimum atomic E-state index is -0.586. The van der Waals surface area contributed by atoms with E-state index in [4.69, 9.17) is 15.2 Å². The van der Waals surface area contributed by atoms with Gasteiger partial charge in [0.15, 0.2) is 6.29 Å². The van der Waals surface area contributed by atoms with Gasteiger partial charge in [0.1, 0.15) is 0 Å². The lowest BCUT2D eigenvalue weighted by atomic mass is 9.97. The average Bonchev–Trinajstić information content (AvgIpc) is 3.63. The Morgan fingerprint density at radius 3 is 2.29 bits per heavy atom. The van der Waals surface area contributed by atoms with Gasteiger partial charge in [-0.15, -0.1) is 0 Å². The van der Waals surface area contributed by atoms with Crippen molar-refractivity contribution in [2.75, 3.05) is 11.1 Å². The van der Waals surface area contributed by atoms with Gasteiger partial charge in [-0.25, -0.2) is 4.98 Å². The molecule has 1 aliphatic rings. The predicted molar refractivity (Wildman–Crippen MR) is 214 cm³/mol. The number of aromatic nitrogens is 2. The first-order valence-electron chi connectivity index (χ1n) is 18.9. The molecular formula is C45H47N5O5. The third kappa shape index (κ3) is 9.66. The number of unbranched alkanes of at least 4 members (excludes halogenated alkanes) is 2. The van der Waals surface area contributed by atoms with E-state index in [9.17, 15) is 14.7 Å². The molecule has 5 N–H and O–H groups in total. The molecule has 1 saturated heterocycles. The molecule has 0 spiro atoms. The number of rotatable bonds is 15. The topological polar surface area (TPSA) is 141 Å². The first-order chi connectivity index (χ1) is 26.9. The number of nitrogens with one attached hydrogen (secondary N) is 2. The highest BCUT2D eigenvalue weighted by Crippen LogP contribution is 2.39. The molecule has 10 heteroatoms. The highest BCUT2D eigenvalue weighted by molar-refractivity contribution is 5.93. The third-order valence-electron chi connectivity index (χ3n) is 10.1. The summed E-state index contributed by atoms with van der Waals surface area (Å²) in [4.78, 5) is 29.6. The van der Waals surface area contributed by atoms with Gasteiger partial charge >= 0.3 is 0 Å². The number of aliphatic hydroxyl groups is 1. The van der Waals surface area contributed by atoms with Crippen molar-refractivity contribution in [1.82, 2.24) is 14.9 Å². The number of nitrogens with two attached hydrogens (primary N) is 1. The SMILES string of the molecule is Nc1ccccc1NC(=O)CCCCCC(=O)NCc1ccccc1-c1ccc(C2OC(Cn3cnc4ccccc43)CC(c3ccc(CO)cc3)O2)cc1. The van der Waals surface area contributed by atoms with E-state index in [-0.39, 0.29) is 30.6 Å². The van der Waals surface area contributed by atoms with E-state index in [1.807, 2.05) is 91.3 Å². The number of nitrogen functional groups attached to an aromatic ring is 1. The zero-order valence-electron chi connectivity index (χ0n) is 30.8. The number of benzene rings is 5. The van der Waals surface area contributed by atoms with E-state index in [1.54, 1.807) is 12.1 Å². The van der Waals surface area contributed by atoms with Gasteiger partial charge in [-0.2, -0.15) is 0 Å². The van der Waals surface area contributed by atoms with E-state index in [1.165, 1.54) is 0 Å². The number of hydrogen-bond acceptors (Lipinski definition) is 7. The number of para-hydroxylation sites is 4. The van der Waals surface area contributed by atoms with Crippen molar-refractivity contribution in [2.45, 2.75) is 76.7 Å². The number of imidazole rings is 1. The molecule has 2 heterocycles. The maximum absolute atomic E-state index is 12.8. The number of carbonyl (C=O) groups excluding carboxylic acids is 2. The Hall–Kier alpha value is -5.81. The molecule has 1 aromatic heterocycles. The summed E-state index contributed by atoms with van der Waals surface area (Å²) < 4.78 is 15.4. The van der Waals surface area contributed by atoms with Crippen LogP contribution in [0.25, 0.3) is 22.2 Å². The molecule has 3 atom stereocenters. The lowest BCUT2D eigenvalue weighted by molar-refractivity contribution is -0.252. The van der Waals surface area contributed by atoms with Crippen LogP contribution in [0.5, 0.6) is 0 Å². The monoisotopic (exact) mass is 737 g/mol. The molecule has 2 amide bonds. The van der Waals surface area contributed by atoms with Crippen LogP contribution in [-0.2, 0) is 38.8 Å². The lowest BCUT2D eigenvalue weighted by Crippen LogP contribution is -2.32. The summed E-state index contributed by atoms with van der Waals surface area (Å²) in [5, 5.41) is 15.5. The molecular weight excluding hydrogens is 691 g/mol. The van der Waals surface area contributed by atoms with Gasteiger partial charge in [0.25, 0.3) is 0 Å². The first kappa shape index (κ1) is 37.5. The molecule has 282 valence electrons. The first-order valence-corrected chi connectivity index (χ1v) is 18.9. The number of anilines is 2. The van der Waals surface area contributed by atoms with Crippen molar-refractivity contribution >= 4 is 34.2 Å². The summed E-state index contributed by atoms with van der Waals surface area (Å²) in [5.74, 6) is -0.0965. The van der Waals surface area contributed by atoms with Gasteiger partial charge in [-0.05, 0) is 64.9 Å². The summed E-state index contributed by atoms with van der Waals surface area (Å²) >= 11 is 0. The lowest BCUT2D eigenvalue weighted by Gasteiger charge is -2.36. The van der Waals surface area contributed by atoms with Gasteiger partial charge in [0.05, 0.1) is 54.1 Å². The second-order valence-electron chi connectivity index (χ2n) is 14.0. The fraction of sp³-hybridized carbons (Fsp3) is 0.267. The quantitative estimate of drug-likeness (QED) is 0.0615. The van der Waals surface area contributed by atoms with E-state index in [2.05, 4.69) is 44.5 Å². The van der Waals surface area contributed by atoms with Crippen LogP contribution < -0.4 is 16.4 Å². The maximum Gasteiger partial charge on any atom is 0.224 e. The van der Waals surface area contributed by atoms with Crippen molar-refractivity contribution in [3.63, 3.8) is 0 Å². The smallest absolute Gasteiger partial charge is 0.224 e. The van der Waals surface area contributed by atoms with E-state index < -0.39 is 6.29 Å². The Morgan fingerprint density at radius 1 is 0.782 bits per heavy atom. The molecule has 55 heavy (non-hydrogen) atoms. The van der Waals surface area contributed by atoms with Crippen LogP contribution in [0, 0.1) is 0 Å². The number of hydrogen-bond donors (Lipinski definition) is 4. The summed E-state index contributed by atoms with van der Waals surface area (Å²) in [6.07, 6.45) is 4.57. The number of ether oxygens (including phenoxy) is 2. The second kappa shape index (κ2) is 18.0. The highest BCUT2D eigenvalue weighted by atomic mass is 16.7. The molecule has 7 rings (SSSR count). The van der Waals surface area contributed by atoms with Crippen molar-refractivity contribution in [3.8, 4) is 11.1 Å². The molecule has 5 aromatic carbocycles. The number of aliphatic hydroxyl groups excluding tert-OH is 1. The predicted octanol–water partition coefficient (Wildman–Crippen LogP) is 8.23. The van der Waals surface area contributed by atoms with Gasteiger partial charge in [-0.3, -0.25) is 9.59 Å². The van der Waals surface area contributed by atoms with Crippen LogP contribution in [0.15, 0.2) is 128 Å². The van der Waals surface area contributed by atoms with Crippen LogP contribution >= 0.6 is 0 Å². The molecule has 10 nitrogen and oxygen atoms in total. The molecule has 0 saturated carbocycles. The maximum atomic E-state index is 12.8. The summed E-state index contributed by atoms with van der Waals surface area (Å²) in [5.41, 5.74) is 15.0. The Balaban J connectivity index is 0.955. The largest absolute Gasteiger partial charge is 0.397 e. The fourth-order valence-electron chi connectivity index (χ4n) is 7.04. The van der Waals surface area contributed by atoms with Crippen LogP contribution in [0.4, 0.5) is 11.4 Å². The zero-order chi connectivity index (χ0) is 38.0. The molecule has 0 aliphatic carbocycles. The molecule has 0 bridgehead atoms. The van der Waals surface area contributed by atoms with E-state index in [0.29, 0.717) is 56.6 Å². The Labute approximate surface area is 321 Å². The number of carbonyl (C=O) groups is 2. The fourth-order valence-corrected chi connectivity index (χ4v) is 7.04. The van der Waals surface area contributed by atoms with Crippen LogP contribution in [-0.4, -0.2) is 32.6 Å². The van der Waals surface area contributed by atoms with Crippen LogP contribution in [0.3, 0.4) is 0 Å². The highest BCUT2D eigenvalue weighted by Gasteiger charge is 2.32. The van der Waals surface area contributed by atoms with Crippen molar-refractivity contribution in [3.05, 3.63) is 150 Å². The summed E-state index contributed by atoms with van der Waals surface area (Å²) in [6.45, 7) is 1.03. The van der Waals surface area contributed by atoms with Gasteiger partial charge in [0.2, 0.25) is 11.8 Å². The van der Waals surface area contributed by atoms with Gasteiger partial charge in [-0.1, -0.05) is 103 Å². The summed E-state index contributed by atoms with van der Waals surface area (Å²) in [6, 6.07) is 39.5. The Bertz CT molecular complexity index is 2200. The minimum Gasteiger partial charge on any atom is -0.397 e. The molecule has 3 unspecified atom stereocenters. The van der Waals surface area contributed by atoms with Gasteiger partial charge in [0, 0.05) is 31.4 Å². The molecule has 6 aromatic rings. The van der Waals surface area contributed by atoms with Crippen molar-refractivity contribution < 1.29 is 24.2 Å². The Morgan fingerprint density at radius 2 is 1.49 bits per heavy atom. The van der Waals surface area contributed by atoms with Crippen LogP contribution in [0.1, 0.15) is 73.2 Å². The minimum absolute atomic E-state index is 0.00865. The molecule has 1 fully saturated rings. The van der Waals surface area contributed by atoms with Crippen molar-refractivity contribution in [1.29, 1.82) is 0 Å². The van der Waals surface area contributed by atoms with E-state index >= 15 is 0 Å². The van der Waals surface area contributed by atoms with Gasteiger partial charge < -0.3 is 35.5 Å². The standard InChI is InChI=1S/C45H47N5O5/c46-38-12-6-7-13-39(38)49-44(53)17-3-1-2-16-43(52)47-27-35-10-4-5-11-37(35)32-22-24-34(25-23-32)45-54-36(28-50-30-48-40-14-8-9-15-41(40)50)26-42(55-45)33-20-18-31(29-51)19-21-33/h4-15,18-25,30,36,42,45,51H,1-3,16-17,26-29,46H2,(H,47,52)(H,49,53). The van der Waals surface area contributed by atoms with E-state index in [0.717, 1.165) is 50.8 Å². The van der Waals surface area contributed by atoms with Crippen LogP contribution in [0.2, 0.25) is 0 Å². The number of fused-ring (bicyclic) bond motifs is 1. The number of nitrogens with zero attached hydrogens (tertiary/aromatic N) is 2. The number of amides is 2. The second-order valence-corrected chi connectivity index (χ2v) is 14.0. The Kier molecular flexibility index (Phi) is 12.3. The molecule has 1 aliphatic heterocycles. The normalized spacial score (nSPS) is 16.9. The third-order valence-corrected chi connectivity index (χ3v) is 10.1. The zero-order valence-corrected chi connectivity index (χ0v) is 30.8. The van der Waals surface area contributed by atoms with Crippen molar-refractivity contribution in [2.24, 2.45) is 0 Å².